The number of para-hydroxylation sites is 1. The van der Waals surface area contributed by atoms with Crippen LogP contribution in [0.15, 0.2) is 36.4 Å². The third-order valence-corrected chi connectivity index (χ3v) is 3.60. The number of pyridine rings is 1. The predicted molar refractivity (Wildman–Crippen MR) is 74.3 cm³/mol. The minimum absolute atomic E-state index is 0.589. The van der Waals surface area contributed by atoms with Crippen LogP contribution in [0.2, 0.25) is 15.1 Å². The van der Waals surface area contributed by atoms with Gasteiger partial charge >= 0.3 is 0 Å². The summed E-state index contributed by atoms with van der Waals surface area (Å²) < 4.78 is 0. The zero-order valence-corrected chi connectivity index (χ0v) is 10.8. The Kier molecular flexibility index (Phi) is 2.62. The Morgan fingerprint density at radius 1 is 0.882 bits per heavy atom. The molecule has 0 aliphatic heterocycles. The number of rotatable bonds is 0. The highest BCUT2D eigenvalue weighted by atomic mass is 35.5. The van der Waals surface area contributed by atoms with E-state index in [2.05, 4.69) is 4.98 Å². The van der Waals surface area contributed by atoms with E-state index in [-0.39, 0.29) is 0 Å². The smallest absolute Gasteiger partial charge is 0.0910 e. The molecule has 3 aromatic rings. The highest BCUT2D eigenvalue weighted by Gasteiger charge is 2.09. The summed E-state index contributed by atoms with van der Waals surface area (Å²) in [5.41, 5.74) is 1.46. The van der Waals surface area contributed by atoms with Crippen molar-refractivity contribution in [1.82, 2.24) is 4.98 Å². The number of halogens is 3. The van der Waals surface area contributed by atoms with Gasteiger partial charge in [0, 0.05) is 15.8 Å². The summed E-state index contributed by atoms with van der Waals surface area (Å²) in [4.78, 5) is 4.50. The Hall–Kier alpha value is -1.02. The SMILES string of the molecule is Clc1ccc2c(Cl)c3cccc(Cl)c3nc2c1. The van der Waals surface area contributed by atoms with E-state index in [9.17, 15) is 0 Å². The molecule has 2 aromatic carbocycles. The summed E-state index contributed by atoms with van der Waals surface area (Å²) in [5, 5.41) is 3.61. The molecule has 0 fully saturated rings. The second-order valence-electron chi connectivity index (χ2n) is 3.72. The van der Waals surface area contributed by atoms with Crippen LogP contribution in [0.1, 0.15) is 0 Å². The van der Waals surface area contributed by atoms with Gasteiger partial charge in [-0.15, -0.1) is 0 Å². The van der Waals surface area contributed by atoms with Gasteiger partial charge in [-0.2, -0.15) is 0 Å². The number of aromatic nitrogens is 1. The van der Waals surface area contributed by atoms with Gasteiger partial charge < -0.3 is 0 Å². The van der Waals surface area contributed by atoms with Crippen molar-refractivity contribution in [2.75, 3.05) is 0 Å². The summed E-state index contributed by atoms with van der Waals surface area (Å²) in [5.74, 6) is 0. The monoisotopic (exact) mass is 281 g/mol. The zero-order valence-electron chi connectivity index (χ0n) is 8.55. The van der Waals surface area contributed by atoms with Crippen LogP contribution in [0.3, 0.4) is 0 Å². The molecule has 0 N–H and O–H groups in total. The first-order chi connectivity index (χ1) is 8.16. The summed E-state index contributed by atoms with van der Waals surface area (Å²) in [7, 11) is 0. The van der Waals surface area contributed by atoms with Crippen molar-refractivity contribution in [3.05, 3.63) is 51.5 Å². The van der Waals surface area contributed by atoms with Crippen molar-refractivity contribution in [3.63, 3.8) is 0 Å². The second-order valence-corrected chi connectivity index (χ2v) is 4.94. The maximum atomic E-state index is 6.36. The first-order valence-corrected chi connectivity index (χ1v) is 6.13. The maximum absolute atomic E-state index is 6.36. The largest absolute Gasteiger partial charge is 0.246 e. The van der Waals surface area contributed by atoms with Crippen LogP contribution >= 0.6 is 34.8 Å². The van der Waals surface area contributed by atoms with Gasteiger partial charge in [-0.3, -0.25) is 0 Å². The van der Waals surface area contributed by atoms with Crippen LogP contribution in [0.5, 0.6) is 0 Å². The predicted octanol–water partition coefficient (Wildman–Crippen LogP) is 5.35. The van der Waals surface area contributed by atoms with Crippen molar-refractivity contribution in [1.29, 1.82) is 0 Å². The van der Waals surface area contributed by atoms with Crippen molar-refractivity contribution in [2.24, 2.45) is 0 Å². The van der Waals surface area contributed by atoms with Crippen molar-refractivity contribution < 1.29 is 0 Å². The van der Waals surface area contributed by atoms with Crippen LogP contribution in [-0.2, 0) is 0 Å². The van der Waals surface area contributed by atoms with E-state index in [1.165, 1.54) is 0 Å². The van der Waals surface area contributed by atoms with Gasteiger partial charge in [0.25, 0.3) is 0 Å². The molecular formula is C13H6Cl3N. The topological polar surface area (TPSA) is 12.9 Å². The van der Waals surface area contributed by atoms with E-state index in [1.807, 2.05) is 18.2 Å². The van der Waals surface area contributed by atoms with Crippen LogP contribution in [0.4, 0.5) is 0 Å². The fourth-order valence-electron chi connectivity index (χ4n) is 1.85. The Balaban J connectivity index is 2.57. The molecule has 1 nitrogen and oxygen atoms in total. The lowest BCUT2D eigenvalue weighted by molar-refractivity contribution is 1.50. The second kappa shape index (κ2) is 4.02. The summed E-state index contributed by atoms with van der Waals surface area (Å²) >= 11 is 18.4. The molecular weight excluding hydrogens is 277 g/mol. The van der Waals surface area contributed by atoms with Crippen LogP contribution in [0.25, 0.3) is 21.8 Å². The molecule has 0 saturated carbocycles. The van der Waals surface area contributed by atoms with E-state index in [0.29, 0.717) is 20.6 Å². The highest BCUT2D eigenvalue weighted by molar-refractivity contribution is 6.42. The molecule has 1 heterocycles. The molecule has 0 amide bonds. The Morgan fingerprint density at radius 2 is 1.71 bits per heavy atom. The number of benzene rings is 2. The lowest BCUT2D eigenvalue weighted by atomic mass is 10.1. The third-order valence-electron chi connectivity index (χ3n) is 2.65. The number of hydrogen-bond donors (Lipinski definition) is 0. The maximum Gasteiger partial charge on any atom is 0.0910 e. The molecule has 3 rings (SSSR count). The van der Waals surface area contributed by atoms with Crippen LogP contribution in [0, 0.1) is 0 Å². The van der Waals surface area contributed by atoms with Crippen molar-refractivity contribution in [3.8, 4) is 0 Å². The van der Waals surface area contributed by atoms with Gasteiger partial charge in [0.1, 0.15) is 0 Å². The van der Waals surface area contributed by atoms with Crippen LogP contribution in [-0.4, -0.2) is 4.98 Å². The molecule has 4 heteroatoms. The highest BCUT2D eigenvalue weighted by Crippen LogP contribution is 2.34. The van der Waals surface area contributed by atoms with Crippen LogP contribution < -0.4 is 0 Å². The first kappa shape index (κ1) is 11.1. The van der Waals surface area contributed by atoms with Gasteiger partial charge in [0.05, 0.1) is 21.1 Å². The molecule has 0 bridgehead atoms. The Labute approximate surface area is 113 Å². The molecule has 0 saturated heterocycles. The Bertz CT molecular complexity index is 737. The molecule has 0 atom stereocenters. The molecule has 84 valence electrons. The average Bonchev–Trinajstić information content (AvgIpc) is 2.30. The number of fused-ring (bicyclic) bond motifs is 2. The molecule has 0 aliphatic rings. The average molecular weight is 283 g/mol. The quantitative estimate of drug-likeness (QED) is 0.507. The van der Waals surface area contributed by atoms with Crippen molar-refractivity contribution >= 4 is 56.6 Å². The fourth-order valence-corrected chi connectivity index (χ4v) is 2.55. The molecule has 0 unspecified atom stereocenters. The van der Waals surface area contributed by atoms with E-state index in [1.54, 1.807) is 18.2 Å². The number of hydrogen-bond acceptors (Lipinski definition) is 1. The standard InChI is InChI=1S/C13H6Cl3N/c14-7-4-5-8-11(6-7)17-13-9(12(8)16)2-1-3-10(13)15/h1-6H. The molecule has 1 aromatic heterocycles. The minimum Gasteiger partial charge on any atom is -0.246 e. The third kappa shape index (κ3) is 1.75. The summed E-state index contributed by atoms with van der Waals surface area (Å²) in [6.45, 7) is 0. The molecule has 17 heavy (non-hydrogen) atoms. The summed E-state index contributed by atoms with van der Waals surface area (Å²) in [6, 6.07) is 11.0. The van der Waals surface area contributed by atoms with E-state index >= 15 is 0 Å². The zero-order chi connectivity index (χ0) is 12.0. The first-order valence-electron chi connectivity index (χ1n) is 5.00. The lowest BCUT2D eigenvalue weighted by Crippen LogP contribution is -1.85. The van der Waals surface area contributed by atoms with Gasteiger partial charge in [-0.1, -0.05) is 46.9 Å². The molecule has 0 spiro atoms. The van der Waals surface area contributed by atoms with E-state index < -0.39 is 0 Å². The number of nitrogens with zero attached hydrogens (tertiary/aromatic N) is 1. The van der Waals surface area contributed by atoms with Crippen molar-refractivity contribution in [2.45, 2.75) is 0 Å². The minimum atomic E-state index is 0.589. The Morgan fingerprint density at radius 3 is 2.53 bits per heavy atom. The fraction of sp³-hybridized carbons (Fsp3) is 0. The van der Waals surface area contributed by atoms with Gasteiger partial charge in [0.15, 0.2) is 0 Å². The van der Waals surface area contributed by atoms with Gasteiger partial charge in [0.2, 0.25) is 0 Å². The molecule has 0 aliphatic carbocycles. The van der Waals surface area contributed by atoms with E-state index in [4.69, 9.17) is 34.8 Å². The normalized spacial score (nSPS) is 11.2. The summed E-state index contributed by atoms with van der Waals surface area (Å²) in [6.07, 6.45) is 0. The van der Waals surface area contributed by atoms with Gasteiger partial charge in [-0.05, 0) is 24.3 Å². The lowest BCUT2D eigenvalue weighted by Gasteiger charge is -2.06. The molecule has 0 radical (unpaired) electrons. The van der Waals surface area contributed by atoms with Gasteiger partial charge in [-0.25, -0.2) is 4.98 Å². The van der Waals surface area contributed by atoms with E-state index in [0.717, 1.165) is 16.3 Å².